The lowest BCUT2D eigenvalue weighted by atomic mass is 10.0. The van der Waals surface area contributed by atoms with E-state index in [1.807, 2.05) is 30.3 Å². The topological polar surface area (TPSA) is 58.6 Å². The molecule has 0 aliphatic rings. The van der Waals surface area contributed by atoms with Gasteiger partial charge in [0.05, 0.1) is 10.9 Å². The number of hydrogen-bond acceptors (Lipinski definition) is 3. The third-order valence-electron chi connectivity index (χ3n) is 3.61. The first kappa shape index (κ1) is 13.0. The second kappa shape index (κ2) is 4.93. The van der Waals surface area contributed by atoms with Crippen LogP contribution in [-0.2, 0) is 0 Å². The van der Waals surface area contributed by atoms with Crippen molar-refractivity contribution in [3.8, 4) is 11.1 Å². The number of halogens is 1. The molecule has 0 aliphatic heterocycles. The van der Waals surface area contributed by atoms with Crippen molar-refractivity contribution in [2.75, 3.05) is 0 Å². The molecule has 0 fully saturated rings. The van der Waals surface area contributed by atoms with Crippen LogP contribution in [0.4, 0.5) is 0 Å². The highest BCUT2D eigenvalue weighted by molar-refractivity contribution is 6.32. The molecule has 0 saturated carbocycles. The molecule has 4 aromatic rings. The Labute approximate surface area is 130 Å². The van der Waals surface area contributed by atoms with Crippen LogP contribution in [-0.4, -0.2) is 15.0 Å². The van der Waals surface area contributed by atoms with Gasteiger partial charge in [0, 0.05) is 29.4 Å². The number of H-pyrrole nitrogens is 1. The Morgan fingerprint density at radius 2 is 2.00 bits per heavy atom. The lowest BCUT2D eigenvalue weighted by molar-refractivity contribution is 1.28. The molecule has 0 radical (unpaired) electrons. The van der Waals surface area contributed by atoms with Crippen LogP contribution >= 0.6 is 11.6 Å². The van der Waals surface area contributed by atoms with E-state index in [1.54, 1.807) is 18.5 Å². The second-order valence-electron chi connectivity index (χ2n) is 4.98. The first-order valence-corrected chi connectivity index (χ1v) is 7.13. The molecule has 22 heavy (non-hydrogen) atoms. The molecule has 3 aromatic heterocycles. The fraction of sp³-hybridized carbons (Fsp3) is 0. The first-order valence-electron chi connectivity index (χ1n) is 6.75. The second-order valence-corrected chi connectivity index (χ2v) is 5.33. The molecule has 0 saturated heterocycles. The normalized spacial score (nSPS) is 11.1. The maximum Gasteiger partial charge on any atom is 0.191 e. The highest BCUT2D eigenvalue weighted by Crippen LogP contribution is 2.30. The molecule has 0 amide bonds. The Balaban J connectivity index is 2.00. The molecule has 0 spiro atoms. The van der Waals surface area contributed by atoms with Crippen molar-refractivity contribution in [3.63, 3.8) is 0 Å². The maximum atomic E-state index is 12.0. The minimum Gasteiger partial charge on any atom is -0.346 e. The van der Waals surface area contributed by atoms with Crippen molar-refractivity contribution in [1.29, 1.82) is 0 Å². The van der Waals surface area contributed by atoms with Crippen LogP contribution in [0.15, 0.2) is 59.7 Å². The van der Waals surface area contributed by atoms with Crippen LogP contribution in [0.1, 0.15) is 0 Å². The van der Waals surface area contributed by atoms with Gasteiger partial charge in [0.15, 0.2) is 5.43 Å². The average Bonchev–Trinajstić information content (AvgIpc) is 2.54. The van der Waals surface area contributed by atoms with E-state index in [2.05, 4.69) is 15.0 Å². The van der Waals surface area contributed by atoms with Gasteiger partial charge in [-0.15, -0.1) is 0 Å². The van der Waals surface area contributed by atoms with Crippen molar-refractivity contribution in [1.82, 2.24) is 15.0 Å². The van der Waals surface area contributed by atoms with Gasteiger partial charge in [-0.2, -0.15) is 0 Å². The summed E-state index contributed by atoms with van der Waals surface area (Å²) in [5.74, 6) is 0. The Hall–Kier alpha value is -2.72. The summed E-state index contributed by atoms with van der Waals surface area (Å²) in [6.07, 6.45) is 3.32. The number of hydrogen-bond donors (Lipinski definition) is 1. The molecule has 5 heteroatoms. The van der Waals surface area contributed by atoms with Crippen LogP contribution in [0, 0.1) is 0 Å². The van der Waals surface area contributed by atoms with Crippen LogP contribution in [0.25, 0.3) is 33.1 Å². The third-order valence-corrected chi connectivity index (χ3v) is 3.90. The highest BCUT2D eigenvalue weighted by atomic mass is 35.5. The zero-order valence-electron chi connectivity index (χ0n) is 11.4. The van der Waals surface area contributed by atoms with Crippen LogP contribution in [0.5, 0.6) is 0 Å². The largest absolute Gasteiger partial charge is 0.346 e. The Morgan fingerprint density at radius 3 is 2.91 bits per heavy atom. The third kappa shape index (κ3) is 2.05. The van der Waals surface area contributed by atoms with E-state index in [4.69, 9.17) is 11.6 Å². The zero-order valence-corrected chi connectivity index (χ0v) is 12.1. The summed E-state index contributed by atoms with van der Waals surface area (Å²) < 4.78 is 0. The van der Waals surface area contributed by atoms with Gasteiger partial charge in [-0.25, -0.2) is 4.98 Å². The monoisotopic (exact) mass is 307 g/mol. The summed E-state index contributed by atoms with van der Waals surface area (Å²) in [5, 5.41) is 1.89. The van der Waals surface area contributed by atoms with Gasteiger partial charge < -0.3 is 4.98 Å². The van der Waals surface area contributed by atoms with Crippen molar-refractivity contribution in [3.05, 3.63) is 70.2 Å². The number of pyridine rings is 3. The van der Waals surface area contributed by atoms with Gasteiger partial charge in [0.2, 0.25) is 0 Å². The van der Waals surface area contributed by atoms with Gasteiger partial charge in [-0.1, -0.05) is 23.7 Å². The molecule has 0 bridgehead atoms. The van der Waals surface area contributed by atoms with E-state index >= 15 is 0 Å². The minimum atomic E-state index is -0.0818. The van der Waals surface area contributed by atoms with Gasteiger partial charge in [-0.3, -0.25) is 9.78 Å². The van der Waals surface area contributed by atoms with E-state index in [0.29, 0.717) is 16.2 Å². The van der Waals surface area contributed by atoms with Crippen LogP contribution in [0.3, 0.4) is 0 Å². The first-order chi connectivity index (χ1) is 10.7. The molecule has 0 atom stereocenters. The molecule has 0 unspecified atom stereocenters. The molecule has 1 N–H and O–H groups in total. The SMILES string of the molecule is O=c1cc[nH]c2nc(Cl)c(-c3ccc4ncccc4c3)cc12. The Kier molecular flexibility index (Phi) is 2.91. The summed E-state index contributed by atoms with van der Waals surface area (Å²) in [5.41, 5.74) is 2.96. The van der Waals surface area contributed by atoms with Gasteiger partial charge in [-0.05, 0) is 29.8 Å². The summed E-state index contributed by atoms with van der Waals surface area (Å²) in [6.45, 7) is 0. The lowest BCUT2D eigenvalue weighted by Gasteiger charge is -2.07. The standard InChI is InChI=1S/C17H10ClN3O/c18-16-12(9-13-15(22)5-7-20-17(13)21-16)10-3-4-14-11(8-10)2-1-6-19-14/h1-9H,(H,20,21,22). The van der Waals surface area contributed by atoms with Crippen LogP contribution < -0.4 is 5.43 Å². The fourth-order valence-corrected chi connectivity index (χ4v) is 2.77. The van der Waals surface area contributed by atoms with E-state index in [0.717, 1.165) is 22.0 Å². The number of fused-ring (bicyclic) bond motifs is 2. The summed E-state index contributed by atoms with van der Waals surface area (Å²) in [4.78, 5) is 23.5. The van der Waals surface area contributed by atoms with E-state index in [-0.39, 0.29) is 5.43 Å². The fourth-order valence-electron chi connectivity index (χ4n) is 2.52. The number of benzene rings is 1. The van der Waals surface area contributed by atoms with E-state index in [1.165, 1.54) is 6.07 Å². The minimum absolute atomic E-state index is 0.0818. The molecule has 1 aromatic carbocycles. The predicted octanol–water partition coefficient (Wildman–Crippen LogP) is 3.79. The van der Waals surface area contributed by atoms with E-state index < -0.39 is 0 Å². The van der Waals surface area contributed by atoms with Crippen molar-refractivity contribution in [2.45, 2.75) is 0 Å². The number of nitrogens with zero attached hydrogens (tertiary/aromatic N) is 2. The molecule has 3 heterocycles. The quantitative estimate of drug-likeness (QED) is 0.544. The number of nitrogens with one attached hydrogen (secondary N) is 1. The van der Waals surface area contributed by atoms with Gasteiger partial charge in [0.1, 0.15) is 10.8 Å². The molecule has 0 aliphatic carbocycles. The van der Waals surface area contributed by atoms with Gasteiger partial charge >= 0.3 is 0 Å². The lowest BCUT2D eigenvalue weighted by Crippen LogP contribution is -2.02. The van der Waals surface area contributed by atoms with Gasteiger partial charge in [0.25, 0.3) is 0 Å². The smallest absolute Gasteiger partial charge is 0.191 e. The van der Waals surface area contributed by atoms with Crippen LogP contribution in [0.2, 0.25) is 5.15 Å². The number of aromatic amines is 1. The summed E-state index contributed by atoms with van der Waals surface area (Å²) in [6, 6.07) is 13.0. The van der Waals surface area contributed by atoms with Crippen molar-refractivity contribution < 1.29 is 0 Å². The van der Waals surface area contributed by atoms with Crippen molar-refractivity contribution >= 4 is 33.5 Å². The molecule has 4 nitrogen and oxygen atoms in total. The predicted molar refractivity (Wildman–Crippen MR) is 88.1 cm³/mol. The highest BCUT2D eigenvalue weighted by Gasteiger charge is 2.10. The maximum absolute atomic E-state index is 12.0. The zero-order chi connectivity index (χ0) is 15.1. The number of rotatable bonds is 1. The molecule has 4 rings (SSSR count). The Bertz CT molecular complexity index is 1070. The summed E-state index contributed by atoms with van der Waals surface area (Å²) >= 11 is 6.29. The number of aromatic nitrogens is 3. The molecular formula is C17H10ClN3O. The summed E-state index contributed by atoms with van der Waals surface area (Å²) in [7, 11) is 0. The Morgan fingerprint density at radius 1 is 1.09 bits per heavy atom. The van der Waals surface area contributed by atoms with E-state index in [9.17, 15) is 4.79 Å². The average molecular weight is 308 g/mol. The van der Waals surface area contributed by atoms with Crippen molar-refractivity contribution in [2.24, 2.45) is 0 Å². The molecular weight excluding hydrogens is 298 g/mol. The molecule has 106 valence electrons.